The predicted molar refractivity (Wildman–Crippen MR) is 105 cm³/mol. The van der Waals surface area contributed by atoms with E-state index in [2.05, 4.69) is 6.92 Å². The molecule has 29 heavy (non-hydrogen) atoms. The molecule has 0 unspecified atom stereocenters. The Balaban J connectivity index is 1.72. The number of allylic oxidation sites excluding steroid dienone is 4. The van der Waals surface area contributed by atoms with Crippen LogP contribution in [0.2, 0.25) is 0 Å². The second-order valence-electron chi connectivity index (χ2n) is 9.78. The maximum atomic E-state index is 13.5. The van der Waals surface area contributed by atoms with Gasteiger partial charge in [-0.3, -0.25) is 14.4 Å². The molecule has 158 valence electrons. The van der Waals surface area contributed by atoms with Gasteiger partial charge in [-0.05, 0) is 49.7 Å². The first-order chi connectivity index (χ1) is 13.6. The molecule has 4 aliphatic rings. The van der Waals surface area contributed by atoms with Crippen LogP contribution in [0.4, 0.5) is 0 Å². The number of ether oxygens (including phenoxy) is 1. The summed E-state index contributed by atoms with van der Waals surface area (Å²) in [4.78, 5) is 36.9. The van der Waals surface area contributed by atoms with Crippen LogP contribution in [0, 0.1) is 28.6 Å². The number of aliphatic hydroxyl groups excluding tert-OH is 1. The van der Waals surface area contributed by atoms with Crippen LogP contribution in [-0.2, 0) is 19.1 Å². The van der Waals surface area contributed by atoms with E-state index >= 15 is 0 Å². The minimum absolute atomic E-state index is 0.0218. The number of ketones is 2. The van der Waals surface area contributed by atoms with E-state index in [-0.39, 0.29) is 35.7 Å². The van der Waals surface area contributed by atoms with Crippen molar-refractivity contribution in [1.29, 1.82) is 0 Å². The highest BCUT2D eigenvalue weighted by Crippen LogP contribution is 2.66. The molecule has 2 N–H and O–H groups in total. The molecule has 3 saturated carbocycles. The van der Waals surface area contributed by atoms with Crippen molar-refractivity contribution in [3.63, 3.8) is 0 Å². The number of hydrogen-bond donors (Lipinski definition) is 2. The summed E-state index contributed by atoms with van der Waals surface area (Å²) in [6.07, 6.45) is 6.96. The van der Waals surface area contributed by atoms with Gasteiger partial charge in [-0.2, -0.15) is 0 Å². The van der Waals surface area contributed by atoms with Gasteiger partial charge in [0.1, 0.15) is 11.4 Å². The number of esters is 1. The van der Waals surface area contributed by atoms with Crippen LogP contribution in [0.5, 0.6) is 0 Å². The Morgan fingerprint density at radius 3 is 2.69 bits per heavy atom. The topological polar surface area (TPSA) is 101 Å². The molecule has 0 bridgehead atoms. The standard InChI is InChI=1S/C23H30O6/c1-13(25)29-19(12-24)23(28)9-7-17-16-5-4-14-10-15(26)6-8-21(14,2)20(16)18(27)11-22(17,23)3/h6,8,10,16-17,19-20,24,28H,4-5,7,9,11-12H2,1-3H3/t16-,17-,19+,20+,21-,22-,23-/m0/s1. The van der Waals surface area contributed by atoms with Crippen LogP contribution in [-0.4, -0.2) is 46.1 Å². The van der Waals surface area contributed by atoms with Crippen molar-refractivity contribution < 1.29 is 29.3 Å². The average molecular weight is 402 g/mol. The molecule has 0 aromatic rings. The van der Waals surface area contributed by atoms with Crippen molar-refractivity contribution in [2.24, 2.45) is 28.6 Å². The largest absolute Gasteiger partial charge is 0.457 e. The van der Waals surface area contributed by atoms with E-state index in [0.29, 0.717) is 6.42 Å². The molecule has 7 atom stereocenters. The Labute approximate surface area is 171 Å². The number of rotatable bonds is 3. The highest BCUT2D eigenvalue weighted by atomic mass is 16.6. The van der Waals surface area contributed by atoms with Crippen LogP contribution in [0.3, 0.4) is 0 Å². The van der Waals surface area contributed by atoms with E-state index in [0.717, 1.165) is 24.8 Å². The van der Waals surface area contributed by atoms with E-state index in [4.69, 9.17) is 4.74 Å². The third-order valence-electron chi connectivity index (χ3n) is 8.48. The third kappa shape index (κ3) is 2.72. The maximum absolute atomic E-state index is 13.5. The predicted octanol–water partition coefficient (Wildman–Crippen LogP) is 2.13. The molecule has 0 amide bonds. The third-order valence-corrected chi connectivity index (χ3v) is 8.48. The van der Waals surface area contributed by atoms with Crippen molar-refractivity contribution in [2.75, 3.05) is 6.61 Å². The monoisotopic (exact) mass is 402 g/mol. The van der Waals surface area contributed by atoms with Gasteiger partial charge in [-0.1, -0.05) is 25.5 Å². The summed E-state index contributed by atoms with van der Waals surface area (Å²) in [6, 6.07) is 0. The molecule has 3 fully saturated rings. The van der Waals surface area contributed by atoms with E-state index in [9.17, 15) is 24.6 Å². The van der Waals surface area contributed by atoms with E-state index in [1.54, 1.807) is 12.2 Å². The fraction of sp³-hybridized carbons (Fsp3) is 0.696. The molecular weight excluding hydrogens is 372 g/mol. The van der Waals surface area contributed by atoms with Crippen molar-refractivity contribution in [3.05, 3.63) is 23.8 Å². The Kier molecular flexibility index (Phi) is 4.67. The van der Waals surface area contributed by atoms with Gasteiger partial charge in [0.15, 0.2) is 11.9 Å². The van der Waals surface area contributed by atoms with Crippen molar-refractivity contribution >= 4 is 17.5 Å². The van der Waals surface area contributed by atoms with Crippen LogP contribution >= 0.6 is 0 Å². The van der Waals surface area contributed by atoms with Gasteiger partial charge in [0.25, 0.3) is 0 Å². The highest BCUT2D eigenvalue weighted by Gasteiger charge is 2.68. The molecule has 0 spiro atoms. The minimum atomic E-state index is -1.44. The summed E-state index contributed by atoms with van der Waals surface area (Å²) < 4.78 is 5.28. The van der Waals surface area contributed by atoms with Gasteiger partial charge in [0.2, 0.25) is 0 Å². The van der Waals surface area contributed by atoms with Crippen LogP contribution in [0.15, 0.2) is 23.8 Å². The van der Waals surface area contributed by atoms with Crippen LogP contribution in [0.1, 0.15) is 52.9 Å². The van der Waals surface area contributed by atoms with E-state index < -0.39 is 35.1 Å². The molecule has 6 heteroatoms. The lowest BCUT2D eigenvalue weighted by Gasteiger charge is -2.57. The molecule has 6 nitrogen and oxygen atoms in total. The van der Waals surface area contributed by atoms with E-state index in [1.807, 2.05) is 13.0 Å². The second-order valence-corrected chi connectivity index (χ2v) is 9.78. The summed E-state index contributed by atoms with van der Waals surface area (Å²) in [5, 5.41) is 21.5. The zero-order valence-corrected chi connectivity index (χ0v) is 17.3. The number of hydrogen-bond acceptors (Lipinski definition) is 6. The van der Waals surface area contributed by atoms with Crippen LogP contribution < -0.4 is 0 Å². The van der Waals surface area contributed by atoms with Gasteiger partial charge >= 0.3 is 5.97 Å². The molecule has 4 rings (SSSR count). The fourth-order valence-corrected chi connectivity index (χ4v) is 7.08. The number of carbonyl (C=O) groups excluding carboxylic acids is 3. The van der Waals surface area contributed by atoms with Gasteiger partial charge in [0.05, 0.1) is 6.61 Å². The van der Waals surface area contributed by atoms with Crippen molar-refractivity contribution in [3.8, 4) is 0 Å². The highest BCUT2D eigenvalue weighted by molar-refractivity contribution is 6.01. The maximum Gasteiger partial charge on any atom is 0.303 e. The number of aliphatic hydroxyl groups is 2. The quantitative estimate of drug-likeness (QED) is 0.702. The van der Waals surface area contributed by atoms with Gasteiger partial charge in [-0.15, -0.1) is 0 Å². The zero-order chi connectivity index (χ0) is 21.2. The average Bonchev–Trinajstić information content (AvgIpc) is 2.91. The molecule has 4 aliphatic carbocycles. The molecule has 0 heterocycles. The molecule has 0 aromatic carbocycles. The second kappa shape index (κ2) is 6.61. The van der Waals surface area contributed by atoms with Gasteiger partial charge in [-0.25, -0.2) is 0 Å². The Hall–Kier alpha value is -1.79. The lowest BCUT2D eigenvalue weighted by atomic mass is 9.46. The first-order valence-corrected chi connectivity index (χ1v) is 10.5. The Morgan fingerprint density at radius 1 is 1.31 bits per heavy atom. The summed E-state index contributed by atoms with van der Waals surface area (Å²) >= 11 is 0. The molecule has 0 saturated heterocycles. The first kappa shape index (κ1) is 20.5. The Morgan fingerprint density at radius 2 is 2.03 bits per heavy atom. The number of fused-ring (bicyclic) bond motifs is 5. The summed E-state index contributed by atoms with van der Waals surface area (Å²) in [6.45, 7) is 4.75. The molecule has 0 aliphatic heterocycles. The number of carbonyl (C=O) groups is 3. The molecular formula is C23H30O6. The van der Waals surface area contributed by atoms with E-state index in [1.165, 1.54) is 6.92 Å². The lowest BCUT2D eigenvalue weighted by Crippen LogP contribution is -2.62. The normalized spacial score (nSPS) is 44.4. The molecule has 0 aromatic heterocycles. The smallest absolute Gasteiger partial charge is 0.303 e. The number of Topliss-reactive ketones (excluding diaryl/α,β-unsaturated/α-hetero) is 1. The first-order valence-electron chi connectivity index (χ1n) is 10.5. The molecule has 0 radical (unpaired) electrons. The van der Waals surface area contributed by atoms with Crippen LogP contribution in [0.25, 0.3) is 0 Å². The summed E-state index contributed by atoms with van der Waals surface area (Å²) in [7, 11) is 0. The summed E-state index contributed by atoms with van der Waals surface area (Å²) in [5.41, 5.74) is -1.62. The fourth-order valence-electron chi connectivity index (χ4n) is 7.08. The summed E-state index contributed by atoms with van der Waals surface area (Å²) in [5.74, 6) is -0.529. The van der Waals surface area contributed by atoms with Crippen molar-refractivity contribution in [1.82, 2.24) is 0 Å². The SMILES string of the molecule is CC(=O)O[C@H](CO)[C@@]1(O)CC[C@H]2[C@@H]3CCC4=CC(=O)C=C[C@]4(C)[C@H]3C(=O)C[C@@]21C. The zero-order valence-electron chi connectivity index (χ0n) is 17.3. The van der Waals surface area contributed by atoms with Gasteiger partial charge in [0, 0.05) is 30.1 Å². The minimum Gasteiger partial charge on any atom is -0.457 e. The Bertz CT molecular complexity index is 827. The lowest BCUT2D eigenvalue weighted by molar-refractivity contribution is -0.201. The van der Waals surface area contributed by atoms with Crippen molar-refractivity contribution in [2.45, 2.75) is 64.6 Å². The van der Waals surface area contributed by atoms with Gasteiger partial charge < -0.3 is 14.9 Å².